The normalized spacial score (nSPS) is 11.9. The lowest BCUT2D eigenvalue weighted by molar-refractivity contribution is 0.581. The van der Waals surface area contributed by atoms with Crippen LogP contribution < -0.4 is 9.60 Å². The van der Waals surface area contributed by atoms with Crippen LogP contribution in [0.5, 0.6) is 0 Å². The lowest BCUT2D eigenvalue weighted by Gasteiger charge is -2.07. The third-order valence-corrected chi connectivity index (χ3v) is 6.10. The highest BCUT2D eigenvalue weighted by atomic mass is 35.5. The van der Waals surface area contributed by atoms with E-state index in [0.717, 1.165) is 22.4 Å². The lowest BCUT2D eigenvalue weighted by Crippen LogP contribution is -2.23. The van der Waals surface area contributed by atoms with Gasteiger partial charge in [0.2, 0.25) is 10.0 Å². The molecule has 0 saturated carbocycles. The SMILES string of the molecule is Cn1c(=O)sc2cc(S(=O)(=O)NCc3ccc(Cl)cc3)ccc21. The molecule has 0 aliphatic carbocycles. The number of hydrogen-bond acceptors (Lipinski definition) is 4. The molecule has 5 nitrogen and oxygen atoms in total. The van der Waals surface area contributed by atoms with Crippen LogP contribution in [0.2, 0.25) is 5.02 Å². The van der Waals surface area contributed by atoms with Crippen molar-refractivity contribution in [2.45, 2.75) is 11.4 Å². The Morgan fingerprint density at radius 1 is 1.17 bits per heavy atom. The molecule has 8 heteroatoms. The molecule has 0 aliphatic rings. The van der Waals surface area contributed by atoms with E-state index in [1.54, 1.807) is 37.4 Å². The number of fused-ring (bicyclic) bond motifs is 1. The quantitative estimate of drug-likeness (QED) is 0.769. The number of nitrogens with one attached hydrogen (secondary N) is 1. The van der Waals surface area contributed by atoms with Crippen molar-refractivity contribution in [1.29, 1.82) is 0 Å². The second-order valence-electron chi connectivity index (χ2n) is 5.01. The van der Waals surface area contributed by atoms with E-state index in [0.29, 0.717) is 9.72 Å². The number of aromatic nitrogens is 1. The summed E-state index contributed by atoms with van der Waals surface area (Å²) in [4.78, 5) is 11.7. The average Bonchev–Trinajstić information content (AvgIpc) is 2.81. The monoisotopic (exact) mass is 368 g/mol. The van der Waals surface area contributed by atoms with Crippen molar-refractivity contribution >= 4 is 43.2 Å². The Balaban J connectivity index is 1.87. The fourth-order valence-electron chi connectivity index (χ4n) is 2.15. The number of aryl methyl sites for hydroxylation is 1. The van der Waals surface area contributed by atoms with Crippen molar-refractivity contribution in [1.82, 2.24) is 9.29 Å². The highest BCUT2D eigenvalue weighted by Crippen LogP contribution is 2.21. The number of nitrogens with zero attached hydrogens (tertiary/aromatic N) is 1. The topological polar surface area (TPSA) is 68.2 Å². The maximum Gasteiger partial charge on any atom is 0.307 e. The molecular weight excluding hydrogens is 356 g/mol. The molecule has 1 N–H and O–H groups in total. The van der Waals surface area contributed by atoms with Crippen molar-refractivity contribution in [2.24, 2.45) is 7.05 Å². The first-order valence-electron chi connectivity index (χ1n) is 6.70. The Morgan fingerprint density at radius 3 is 2.57 bits per heavy atom. The standard InChI is InChI=1S/C15H13ClN2O3S2/c1-18-13-7-6-12(8-14(13)22-15(18)19)23(20,21)17-9-10-2-4-11(16)5-3-10/h2-8,17H,9H2,1H3. The number of thiazole rings is 1. The smallest absolute Gasteiger partial charge is 0.302 e. The first kappa shape index (κ1) is 16.2. The van der Waals surface area contributed by atoms with Gasteiger partial charge in [-0.3, -0.25) is 4.79 Å². The van der Waals surface area contributed by atoms with Crippen LogP contribution in [0.4, 0.5) is 0 Å². The molecular formula is C15H13ClN2O3S2. The second kappa shape index (κ2) is 6.09. The van der Waals surface area contributed by atoms with Gasteiger partial charge in [-0.25, -0.2) is 13.1 Å². The van der Waals surface area contributed by atoms with Crippen LogP contribution in [-0.2, 0) is 23.6 Å². The van der Waals surface area contributed by atoms with E-state index in [1.807, 2.05) is 0 Å². The van der Waals surface area contributed by atoms with Crippen molar-refractivity contribution in [3.63, 3.8) is 0 Å². The van der Waals surface area contributed by atoms with Gasteiger partial charge in [0, 0.05) is 18.6 Å². The second-order valence-corrected chi connectivity index (χ2v) is 8.20. The summed E-state index contributed by atoms with van der Waals surface area (Å²) in [6.45, 7) is 0.169. The molecule has 2 aromatic carbocycles. The predicted octanol–water partition coefficient (Wildman–Crippen LogP) is 2.73. The molecule has 0 atom stereocenters. The summed E-state index contributed by atoms with van der Waals surface area (Å²) in [5.41, 5.74) is 1.53. The van der Waals surface area contributed by atoms with Crippen molar-refractivity contribution in [2.75, 3.05) is 0 Å². The summed E-state index contributed by atoms with van der Waals surface area (Å²) in [7, 11) is -1.99. The zero-order valence-corrected chi connectivity index (χ0v) is 14.5. The molecule has 0 radical (unpaired) electrons. The first-order chi connectivity index (χ1) is 10.9. The minimum atomic E-state index is -3.65. The Bertz CT molecular complexity index is 1020. The number of hydrogen-bond donors (Lipinski definition) is 1. The molecule has 3 aromatic rings. The Morgan fingerprint density at radius 2 is 1.87 bits per heavy atom. The van der Waals surface area contributed by atoms with Gasteiger partial charge in [0.15, 0.2) is 0 Å². The number of sulfonamides is 1. The minimum absolute atomic E-state index is 0.122. The summed E-state index contributed by atoms with van der Waals surface area (Å²) < 4.78 is 29.5. The fourth-order valence-corrected chi connectivity index (χ4v) is 4.31. The van der Waals surface area contributed by atoms with Crippen molar-refractivity contribution in [3.05, 3.63) is 62.7 Å². The van der Waals surface area contributed by atoms with Crippen LogP contribution in [0.3, 0.4) is 0 Å². The van der Waals surface area contributed by atoms with Crippen LogP contribution in [-0.4, -0.2) is 13.0 Å². The molecule has 0 spiro atoms. The van der Waals surface area contributed by atoms with Gasteiger partial charge in [-0.1, -0.05) is 35.1 Å². The van der Waals surface area contributed by atoms with Crippen molar-refractivity contribution in [3.8, 4) is 0 Å². The van der Waals surface area contributed by atoms with E-state index in [-0.39, 0.29) is 16.3 Å². The number of rotatable bonds is 4. The molecule has 3 rings (SSSR count). The summed E-state index contributed by atoms with van der Waals surface area (Å²) >= 11 is 6.83. The zero-order chi connectivity index (χ0) is 16.6. The third-order valence-electron chi connectivity index (χ3n) is 3.45. The van der Waals surface area contributed by atoms with Crippen molar-refractivity contribution < 1.29 is 8.42 Å². The van der Waals surface area contributed by atoms with Crippen LogP contribution in [0.25, 0.3) is 10.2 Å². The molecule has 120 valence electrons. The Labute approximate surface area is 142 Å². The maximum atomic E-state index is 12.4. The molecule has 0 saturated heterocycles. The lowest BCUT2D eigenvalue weighted by atomic mass is 10.2. The van der Waals surface area contributed by atoms with Gasteiger partial charge in [0.25, 0.3) is 0 Å². The van der Waals surface area contributed by atoms with E-state index in [9.17, 15) is 13.2 Å². The van der Waals surface area contributed by atoms with Crippen LogP contribution >= 0.6 is 22.9 Å². The minimum Gasteiger partial charge on any atom is -0.302 e. The molecule has 23 heavy (non-hydrogen) atoms. The molecule has 1 heterocycles. The van der Waals surface area contributed by atoms with Gasteiger partial charge in [-0.05, 0) is 35.9 Å². The third kappa shape index (κ3) is 3.32. The van der Waals surface area contributed by atoms with Gasteiger partial charge < -0.3 is 4.57 Å². The highest BCUT2D eigenvalue weighted by Gasteiger charge is 2.16. The average molecular weight is 369 g/mol. The van der Waals surface area contributed by atoms with Gasteiger partial charge in [0.05, 0.1) is 15.1 Å². The van der Waals surface area contributed by atoms with Gasteiger partial charge >= 0.3 is 4.87 Å². The van der Waals surface area contributed by atoms with Gasteiger partial charge in [0.1, 0.15) is 0 Å². The zero-order valence-electron chi connectivity index (χ0n) is 12.1. The van der Waals surface area contributed by atoms with E-state index in [4.69, 9.17) is 11.6 Å². The molecule has 1 aromatic heterocycles. The van der Waals surface area contributed by atoms with Gasteiger partial charge in [-0.15, -0.1) is 0 Å². The maximum absolute atomic E-state index is 12.4. The largest absolute Gasteiger partial charge is 0.307 e. The van der Waals surface area contributed by atoms with E-state index in [1.165, 1.54) is 16.7 Å². The molecule has 0 fully saturated rings. The van der Waals surface area contributed by atoms with Crippen LogP contribution in [0, 0.1) is 0 Å². The summed E-state index contributed by atoms with van der Waals surface area (Å²) in [5.74, 6) is 0. The first-order valence-corrected chi connectivity index (χ1v) is 9.38. The predicted molar refractivity (Wildman–Crippen MR) is 92.5 cm³/mol. The fraction of sp³-hybridized carbons (Fsp3) is 0.133. The molecule has 0 aliphatic heterocycles. The van der Waals surface area contributed by atoms with Crippen LogP contribution in [0.15, 0.2) is 52.2 Å². The Kier molecular flexibility index (Phi) is 4.29. The summed E-state index contributed by atoms with van der Waals surface area (Å²) in [6.07, 6.45) is 0. The molecule has 0 bridgehead atoms. The number of benzene rings is 2. The van der Waals surface area contributed by atoms with Gasteiger partial charge in [-0.2, -0.15) is 0 Å². The summed E-state index contributed by atoms with van der Waals surface area (Å²) in [6, 6.07) is 11.6. The van der Waals surface area contributed by atoms with Crippen LogP contribution in [0.1, 0.15) is 5.56 Å². The molecule has 0 amide bonds. The highest BCUT2D eigenvalue weighted by molar-refractivity contribution is 7.89. The van der Waals surface area contributed by atoms with E-state index >= 15 is 0 Å². The summed E-state index contributed by atoms with van der Waals surface area (Å²) in [5, 5.41) is 0.598. The van der Waals surface area contributed by atoms with E-state index < -0.39 is 10.0 Å². The Hall–Kier alpha value is -1.67. The molecule has 0 unspecified atom stereocenters. The van der Waals surface area contributed by atoms with E-state index in [2.05, 4.69) is 4.72 Å². The number of halogens is 1.